The van der Waals surface area contributed by atoms with Crippen molar-refractivity contribution in [3.8, 4) is 11.5 Å². The molecule has 5 heteroatoms. The van der Waals surface area contributed by atoms with E-state index in [4.69, 9.17) is 14.2 Å². The molecule has 0 fully saturated rings. The summed E-state index contributed by atoms with van der Waals surface area (Å²) < 4.78 is 16.3. The Bertz CT molecular complexity index is 515. The van der Waals surface area contributed by atoms with Gasteiger partial charge in [0.05, 0.1) is 20.1 Å². The molecule has 0 saturated heterocycles. The van der Waals surface area contributed by atoms with Gasteiger partial charge in [0.15, 0.2) is 0 Å². The zero-order chi connectivity index (χ0) is 15.4. The van der Waals surface area contributed by atoms with E-state index < -0.39 is 0 Å². The summed E-state index contributed by atoms with van der Waals surface area (Å²) >= 11 is 0. The van der Waals surface area contributed by atoms with E-state index in [9.17, 15) is 4.79 Å². The highest BCUT2D eigenvalue weighted by Gasteiger charge is 2.25. The van der Waals surface area contributed by atoms with Gasteiger partial charge in [0, 0.05) is 23.6 Å². The third kappa shape index (κ3) is 3.47. The van der Waals surface area contributed by atoms with Gasteiger partial charge >= 0.3 is 5.97 Å². The van der Waals surface area contributed by atoms with Gasteiger partial charge in [-0.15, -0.1) is 0 Å². The Hall–Kier alpha value is -1.75. The van der Waals surface area contributed by atoms with Crippen LogP contribution in [-0.2, 0) is 16.0 Å². The largest absolute Gasteiger partial charge is 0.494 e. The molecule has 2 unspecified atom stereocenters. The summed E-state index contributed by atoms with van der Waals surface area (Å²) in [5.74, 6) is 1.43. The molecule has 0 aromatic heterocycles. The first-order valence-corrected chi connectivity index (χ1v) is 7.29. The van der Waals surface area contributed by atoms with Gasteiger partial charge in [-0.1, -0.05) is 0 Å². The highest BCUT2D eigenvalue weighted by atomic mass is 16.5. The van der Waals surface area contributed by atoms with Gasteiger partial charge in [-0.05, 0) is 33.0 Å². The summed E-state index contributed by atoms with van der Waals surface area (Å²) in [6, 6.07) is 3.84. The number of esters is 1. The number of carbonyl (C=O) groups is 1. The van der Waals surface area contributed by atoms with Gasteiger partial charge < -0.3 is 19.5 Å². The molecule has 2 atom stereocenters. The summed E-state index contributed by atoms with van der Waals surface area (Å²) in [6.45, 7) is 4.58. The van der Waals surface area contributed by atoms with Crippen LogP contribution in [0.2, 0.25) is 0 Å². The number of hydrogen-bond donors (Lipinski definition) is 1. The maximum absolute atomic E-state index is 11.6. The molecule has 1 aromatic carbocycles. The van der Waals surface area contributed by atoms with E-state index in [1.54, 1.807) is 0 Å². The average molecular weight is 293 g/mol. The van der Waals surface area contributed by atoms with E-state index >= 15 is 0 Å². The second-order valence-corrected chi connectivity index (χ2v) is 5.18. The number of ether oxygens (including phenoxy) is 3. The van der Waals surface area contributed by atoms with E-state index in [0.29, 0.717) is 6.61 Å². The molecule has 1 aliphatic heterocycles. The smallest absolute Gasteiger partial charge is 0.307 e. The molecule has 0 radical (unpaired) electrons. The molecule has 0 aliphatic carbocycles. The first-order valence-electron chi connectivity index (χ1n) is 7.29. The Morgan fingerprint density at radius 1 is 1.52 bits per heavy atom. The van der Waals surface area contributed by atoms with Crippen LogP contribution in [0.1, 0.15) is 37.4 Å². The third-order valence-electron chi connectivity index (χ3n) is 3.65. The second kappa shape index (κ2) is 6.80. The number of hydrogen-bond acceptors (Lipinski definition) is 5. The van der Waals surface area contributed by atoms with Crippen LogP contribution < -0.4 is 14.8 Å². The van der Waals surface area contributed by atoms with Crippen molar-refractivity contribution in [2.45, 2.75) is 38.8 Å². The molecule has 0 bridgehead atoms. The highest BCUT2D eigenvalue weighted by Crippen LogP contribution is 2.38. The van der Waals surface area contributed by atoms with Crippen LogP contribution in [-0.4, -0.2) is 32.8 Å². The molecular formula is C16H23NO4. The molecule has 0 spiro atoms. The molecule has 1 aromatic rings. The summed E-state index contributed by atoms with van der Waals surface area (Å²) in [4.78, 5) is 11.6. The summed E-state index contributed by atoms with van der Waals surface area (Å²) in [5, 5.41) is 3.15. The van der Waals surface area contributed by atoms with Crippen LogP contribution in [0.3, 0.4) is 0 Å². The number of benzene rings is 1. The van der Waals surface area contributed by atoms with Crippen molar-refractivity contribution in [3.63, 3.8) is 0 Å². The lowest BCUT2D eigenvalue weighted by atomic mass is 9.99. The number of fused-ring (bicyclic) bond motifs is 1. The van der Waals surface area contributed by atoms with Crippen LogP contribution in [0.4, 0.5) is 0 Å². The van der Waals surface area contributed by atoms with Gasteiger partial charge in [-0.3, -0.25) is 4.79 Å². The fourth-order valence-corrected chi connectivity index (χ4v) is 2.63. The Balaban J connectivity index is 2.35. The Labute approximate surface area is 125 Å². The minimum atomic E-state index is -0.258. The fourth-order valence-electron chi connectivity index (χ4n) is 2.63. The summed E-state index contributed by atoms with van der Waals surface area (Å²) in [7, 11) is 3.21. The van der Waals surface area contributed by atoms with Crippen LogP contribution in [0.5, 0.6) is 11.5 Å². The number of nitrogens with one attached hydrogen (secondary N) is 1. The zero-order valence-electron chi connectivity index (χ0n) is 13.1. The lowest BCUT2D eigenvalue weighted by Crippen LogP contribution is -2.21. The van der Waals surface area contributed by atoms with Crippen LogP contribution in [0, 0.1) is 0 Å². The number of methoxy groups -OCH3 is 1. The number of carbonyl (C=O) groups excluding carboxylic acids is 1. The van der Waals surface area contributed by atoms with Crippen molar-refractivity contribution in [3.05, 3.63) is 23.3 Å². The molecular weight excluding hydrogens is 270 g/mol. The lowest BCUT2D eigenvalue weighted by molar-refractivity contribution is -0.141. The van der Waals surface area contributed by atoms with E-state index in [1.165, 1.54) is 7.11 Å². The molecule has 5 nitrogen and oxygen atoms in total. The maximum Gasteiger partial charge on any atom is 0.307 e. The molecule has 0 saturated carbocycles. The minimum Gasteiger partial charge on any atom is -0.494 e. The van der Waals surface area contributed by atoms with E-state index in [2.05, 4.69) is 5.32 Å². The van der Waals surface area contributed by atoms with Gasteiger partial charge in [-0.2, -0.15) is 0 Å². The second-order valence-electron chi connectivity index (χ2n) is 5.18. The molecule has 1 aliphatic rings. The molecule has 21 heavy (non-hydrogen) atoms. The predicted molar refractivity (Wildman–Crippen MR) is 79.8 cm³/mol. The van der Waals surface area contributed by atoms with Gasteiger partial charge in [-0.25, -0.2) is 0 Å². The summed E-state index contributed by atoms with van der Waals surface area (Å²) in [5.41, 5.74) is 2.08. The van der Waals surface area contributed by atoms with Crippen molar-refractivity contribution in [1.82, 2.24) is 5.32 Å². The van der Waals surface area contributed by atoms with Gasteiger partial charge in [0.1, 0.15) is 17.6 Å². The van der Waals surface area contributed by atoms with Crippen LogP contribution in [0.15, 0.2) is 12.1 Å². The topological polar surface area (TPSA) is 56.8 Å². The molecule has 1 heterocycles. The Morgan fingerprint density at radius 3 is 2.90 bits per heavy atom. The van der Waals surface area contributed by atoms with Crippen molar-refractivity contribution in [2.75, 3.05) is 20.8 Å². The van der Waals surface area contributed by atoms with Gasteiger partial charge in [0.25, 0.3) is 0 Å². The molecule has 1 N–H and O–H groups in total. The monoisotopic (exact) mass is 293 g/mol. The first kappa shape index (κ1) is 15.6. The van der Waals surface area contributed by atoms with Crippen molar-refractivity contribution in [2.24, 2.45) is 0 Å². The molecule has 0 amide bonds. The van der Waals surface area contributed by atoms with E-state index in [0.717, 1.165) is 29.0 Å². The van der Waals surface area contributed by atoms with Gasteiger partial charge in [0.2, 0.25) is 0 Å². The highest BCUT2D eigenvalue weighted by molar-refractivity contribution is 5.70. The Kier molecular flexibility index (Phi) is 5.07. The van der Waals surface area contributed by atoms with Crippen molar-refractivity contribution >= 4 is 5.97 Å². The third-order valence-corrected chi connectivity index (χ3v) is 3.65. The fraction of sp³-hybridized carbons (Fsp3) is 0.562. The normalized spacial score (nSPS) is 17.8. The SMILES string of the molecule is CCOc1cc2c(cc1C(CC(=O)OC)NC)OC(C)C2. The predicted octanol–water partition coefficient (Wildman–Crippen LogP) is 2.23. The van der Waals surface area contributed by atoms with Crippen molar-refractivity contribution < 1.29 is 19.0 Å². The minimum absolute atomic E-state index is 0.163. The molecule has 2 rings (SSSR count). The zero-order valence-corrected chi connectivity index (χ0v) is 13.1. The average Bonchev–Trinajstić information content (AvgIpc) is 2.83. The quantitative estimate of drug-likeness (QED) is 0.815. The maximum atomic E-state index is 11.6. The molecule has 116 valence electrons. The first-order chi connectivity index (χ1) is 10.1. The van der Waals surface area contributed by atoms with Crippen molar-refractivity contribution in [1.29, 1.82) is 0 Å². The van der Waals surface area contributed by atoms with E-state index in [-0.39, 0.29) is 24.5 Å². The standard InChI is InChI=1S/C16H23NO4/c1-5-20-15-7-11-6-10(2)21-14(11)8-12(15)13(17-3)9-16(18)19-4/h7-8,10,13,17H,5-6,9H2,1-4H3. The van der Waals surface area contributed by atoms with Crippen LogP contribution in [0.25, 0.3) is 0 Å². The van der Waals surface area contributed by atoms with E-state index in [1.807, 2.05) is 33.0 Å². The van der Waals surface area contributed by atoms with Crippen LogP contribution >= 0.6 is 0 Å². The number of rotatable bonds is 6. The summed E-state index contributed by atoms with van der Waals surface area (Å²) in [6.07, 6.45) is 1.32. The Morgan fingerprint density at radius 2 is 2.29 bits per heavy atom. The lowest BCUT2D eigenvalue weighted by Gasteiger charge is -2.20.